The molecule has 1 aromatic heterocycles. The zero-order chi connectivity index (χ0) is 19.0. The predicted molar refractivity (Wildman–Crippen MR) is 95.9 cm³/mol. The number of halogens is 3. The van der Waals surface area contributed by atoms with Gasteiger partial charge in [-0.05, 0) is 48.9 Å². The molecular weight excluding hydrogens is 357 g/mol. The molecule has 0 amide bonds. The van der Waals surface area contributed by atoms with Crippen LogP contribution >= 0.6 is 0 Å². The van der Waals surface area contributed by atoms with E-state index < -0.39 is 6.36 Å². The second-order valence-electron chi connectivity index (χ2n) is 6.96. The summed E-state index contributed by atoms with van der Waals surface area (Å²) in [5.41, 5.74) is 2.85. The Balaban J connectivity index is 1.53. The Bertz CT molecular complexity index is 836. The summed E-state index contributed by atoms with van der Waals surface area (Å²) in [5, 5.41) is 3.35. The molecule has 27 heavy (non-hydrogen) atoms. The minimum absolute atomic E-state index is 0.166. The minimum Gasteiger partial charge on any atom is -0.406 e. The zero-order valence-corrected chi connectivity index (χ0v) is 15.0. The van der Waals surface area contributed by atoms with Gasteiger partial charge in [0.05, 0.1) is 0 Å². The molecule has 0 spiro atoms. The summed E-state index contributed by atoms with van der Waals surface area (Å²) < 4.78 is 41.3. The van der Waals surface area contributed by atoms with E-state index in [1.807, 2.05) is 6.07 Å². The molecule has 4 rings (SSSR count). The number of benzene rings is 1. The molecule has 2 aromatic rings. The van der Waals surface area contributed by atoms with Gasteiger partial charge >= 0.3 is 6.36 Å². The monoisotopic (exact) mass is 378 g/mol. The Morgan fingerprint density at radius 2 is 2.00 bits per heavy atom. The van der Waals surface area contributed by atoms with Gasteiger partial charge in [0.15, 0.2) is 0 Å². The van der Waals surface area contributed by atoms with Crippen molar-refractivity contribution in [2.45, 2.75) is 51.6 Å². The van der Waals surface area contributed by atoms with E-state index in [2.05, 4.69) is 31.8 Å². The summed E-state index contributed by atoms with van der Waals surface area (Å²) in [5.74, 6) is 1.35. The van der Waals surface area contributed by atoms with Gasteiger partial charge in [-0.2, -0.15) is 4.98 Å². The average molecular weight is 378 g/mol. The Morgan fingerprint density at radius 1 is 1.19 bits per heavy atom. The number of anilines is 2. The van der Waals surface area contributed by atoms with Gasteiger partial charge < -0.3 is 15.0 Å². The van der Waals surface area contributed by atoms with E-state index in [1.54, 1.807) is 6.07 Å². The van der Waals surface area contributed by atoms with Gasteiger partial charge in [0.25, 0.3) is 0 Å². The molecule has 0 radical (unpaired) electrons. The van der Waals surface area contributed by atoms with Crippen LogP contribution in [-0.4, -0.2) is 28.9 Å². The Labute approximate surface area is 155 Å². The second kappa shape index (κ2) is 6.90. The maximum absolute atomic E-state index is 12.4. The summed E-state index contributed by atoms with van der Waals surface area (Å²) in [6.45, 7) is 3.34. The zero-order valence-electron chi connectivity index (χ0n) is 15.0. The van der Waals surface area contributed by atoms with Gasteiger partial charge in [0, 0.05) is 30.9 Å². The molecule has 0 bridgehead atoms. The Hall–Kier alpha value is -2.51. The summed E-state index contributed by atoms with van der Waals surface area (Å²) >= 11 is 0. The van der Waals surface area contributed by atoms with Crippen molar-refractivity contribution in [3.8, 4) is 5.75 Å². The summed E-state index contributed by atoms with van der Waals surface area (Å²) in [6, 6.07) is 7.02. The first-order valence-electron chi connectivity index (χ1n) is 9.16. The van der Waals surface area contributed by atoms with Crippen LogP contribution in [0.25, 0.3) is 0 Å². The number of ether oxygens (including phenoxy) is 1. The number of hydrogen-bond donors (Lipinski definition) is 1. The van der Waals surface area contributed by atoms with Crippen LogP contribution in [0.3, 0.4) is 0 Å². The van der Waals surface area contributed by atoms with Gasteiger partial charge in [-0.3, -0.25) is 0 Å². The molecule has 1 saturated carbocycles. The van der Waals surface area contributed by atoms with Gasteiger partial charge in [-0.25, -0.2) is 4.98 Å². The van der Waals surface area contributed by atoms with Crippen molar-refractivity contribution in [2.75, 3.05) is 16.8 Å². The standard InChI is InChI=1S/C19H21F3N4O/c1-2-14-10-17(25-18(23-14)24-15-4-5-15)26-8-7-12-9-16(27-19(20,21)22)6-3-13(12)11-26/h3,6,9-10,15H,2,4-5,7-8,11H2,1H3,(H,23,24,25). The average Bonchev–Trinajstić information content (AvgIpc) is 3.43. The van der Waals surface area contributed by atoms with Crippen molar-refractivity contribution in [1.82, 2.24) is 9.97 Å². The molecule has 1 aromatic carbocycles. The molecule has 0 atom stereocenters. The number of alkyl halides is 3. The minimum atomic E-state index is -4.67. The highest BCUT2D eigenvalue weighted by molar-refractivity contribution is 5.49. The maximum Gasteiger partial charge on any atom is 0.573 e. The lowest BCUT2D eigenvalue weighted by Crippen LogP contribution is -2.31. The number of fused-ring (bicyclic) bond motifs is 1. The second-order valence-corrected chi connectivity index (χ2v) is 6.96. The molecule has 0 unspecified atom stereocenters. The molecule has 5 nitrogen and oxygen atoms in total. The van der Waals surface area contributed by atoms with Crippen molar-refractivity contribution in [3.05, 3.63) is 41.1 Å². The predicted octanol–water partition coefficient (Wildman–Crippen LogP) is 4.07. The van der Waals surface area contributed by atoms with Crippen molar-refractivity contribution in [3.63, 3.8) is 0 Å². The van der Waals surface area contributed by atoms with Crippen molar-refractivity contribution in [1.29, 1.82) is 0 Å². The molecular formula is C19H21F3N4O. The van der Waals surface area contributed by atoms with Crippen molar-refractivity contribution >= 4 is 11.8 Å². The van der Waals surface area contributed by atoms with E-state index in [0.717, 1.165) is 41.9 Å². The Kier molecular flexibility index (Phi) is 4.57. The summed E-state index contributed by atoms with van der Waals surface area (Å²) in [7, 11) is 0. The van der Waals surface area contributed by atoms with Crippen LogP contribution in [0, 0.1) is 0 Å². The first-order valence-corrected chi connectivity index (χ1v) is 9.16. The molecule has 1 aliphatic heterocycles. The smallest absolute Gasteiger partial charge is 0.406 e. The summed E-state index contributed by atoms with van der Waals surface area (Å²) in [6.07, 6.45) is -0.918. The topological polar surface area (TPSA) is 50.3 Å². The fourth-order valence-corrected chi connectivity index (χ4v) is 3.22. The lowest BCUT2D eigenvalue weighted by Gasteiger charge is -2.30. The fraction of sp³-hybridized carbons (Fsp3) is 0.474. The van der Waals surface area contributed by atoms with Crippen molar-refractivity contribution < 1.29 is 17.9 Å². The number of hydrogen-bond acceptors (Lipinski definition) is 5. The summed E-state index contributed by atoms with van der Waals surface area (Å²) in [4.78, 5) is 11.3. The van der Waals surface area contributed by atoms with E-state index in [9.17, 15) is 13.2 Å². The fourth-order valence-electron chi connectivity index (χ4n) is 3.22. The van der Waals surface area contributed by atoms with E-state index >= 15 is 0 Å². The number of rotatable bonds is 5. The third-order valence-electron chi connectivity index (χ3n) is 4.79. The quantitative estimate of drug-likeness (QED) is 0.850. The third kappa shape index (κ3) is 4.43. The highest BCUT2D eigenvalue weighted by Gasteiger charge is 2.31. The van der Waals surface area contributed by atoms with E-state index in [4.69, 9.17) is 0 Å². The van der Waals surface area contributed by atoms with Crippen LogP contribution in [0.4, 0.5) is 24.9 Å². The first kappa shape index (κ1) is 17.9. The molecule has 1 fully saturated rings. The van der Waals surface area contributed by atoms with Crippen LogP contribution in [-0.2, 0) is 19.4 Å². The van der Waals surface area contributed by atoms with Gasteiger partial charge in [0.1, 0.15) is 11.6 Å². The van der Waals surface area contributed by atoms with Gasteiger partial charge in [-0.1, -0.05) is 13.0 Å². The number of nitrogens with zero attached hydrogens (tertiary/aromatic N) is 3. The van der Waals surface area contributed by atoms with E-state index in [1.165, 1.54) is 12.1 Å². The van der Waals surface area contributed by atoms with Crippen molar-refractivity contribution in [2.24, 2.45) is 0 Å². The SMILES string of the molecule is CCc1cc(N2CCc3cc(OC(F)(F)F)ccc3C2)nc(NC2CC2)n1. The van der Waals surface area contributed by atoms with Crippen LogP contribution in [0.1, 0.15) is 36.6 Å². The molecule has 2 aliphatic rings. The molecule has 1 N–H and O–H groups in total. The van der Waals surface area contributed by atoms with Crippen LogP contribution in [0.5, 0.6) is 5.75 Å². The number of aromatic nitrogens is 2. The highest BCUT2D eigenvalue weighted by Crippen LogP contribution is 2.30. The number of nitrogens with one attached hydrogen (secondary N) is 1. The Morgan fingerprint density at radius 3 is 2.70 bits per heavy atom. The molecule has 8 heteroatoms. The highest BCUT2D eigenvalue weighted by atomic mass is 19.4. The molecule has 1 aliphatic carbocycles. The molecule has 144 valence electrons. The van der Waals surface area contributed by atoms with E-state index in [-0.39, 0.29) is 5.75 Å². The first-order chi connectivity index (χ1) is 12.9. The number of aryl methyl sites for hydroxylation is 1. The normalized spacial score (nSPS) is 16.8. The maximum atomic E-state index is 12.4. The van der Waals surface area contributed by atoms with Gasteiger partial charge in [0.2, 0.25) is 5.95 Å². The van der Waals surface area contributed by atoms with Crippen LogP contribution in [0.15, 0.2) is 24.3 Å². The largest absolute Gasteiger partial charge is 0.573 e. The van der Waals surface area contributed by atoms with E-state index in [0.29, 0.717) is 31.5 Å². The molecule has 0 saturated heterocycles. The third-order valence-corrected chi connectivity index (χ3v) is 4.79. The van der Waals surface area contributed by atoms with Crippen LogP contribution < -0.4 is 15.0 Å². The van der Waals surface area contributed by atoms with Gasteiger partial charge in [-0.15, -0.1) is 13.2 Å². The van der Waals surface area contributed by atoms with Crippen LogP contribution in [0.2, 0.25) is 0 Å². The lowest BCUT2D eigenvalue weighted by atomic mass is 9.99. The lowest BCUT2D eigenvalue weighted by molar-refractivity contribution is -0.274. The molecule has 2 heterocycles.